The van der Waals surface area contributed by atoms with Crippen LogP contribution in [-0.2, 0) is 0 Å². The highest BCUT2D eigenvalue weighted by molar-refractivity contribution is 7.99. The van der Waals surface area contributed by atoms with Crippen LogP contribution in [0.25, 0.3) is 0 Å². The van der Waals surface area contributed by atoms with Crippen molar-refractivity contribution in [1.29, 1.82) is 0 Å². The topological polar surface area (TPSA) is 12.0 Å². The van der Waals surface area contributed by atoms with Crippen LogP contribution in [-0.4, -0.2) is 5.75 Å². The van der Waals surface area contributed by atoms with Crippen LogP contribution in [0.1, 0.15) is 22.7 Å². The van der Waals surface area contributed by atoms with Gasteiger partial charge < -0.3 is 5.32 Å². The van der Waals surface area contributed by atoms with Gasteiger partial charge in [0, 0.05) is 16.3 Å². The molecule has 1 atom stereocenters. The minimum Gasteiger partial charge on any atom is -0.377 e. The third-order valence-electron chi connectivity index (χ3n) is 3.26. The van der Waals surface area contributed by atoms with E-state index in [1.807, 2.05) is 11.8 Å². The summed E-state index contributed by atoms with van der Waals surface area (Å²) in [6.45, 7) is 4.30. The molecule has 1 heterocycles. The van der Waals surface area contributed by atoms with Gasteiger partial charge in [-0.3, -0.25) is 0 Å². The fraction of sp³-hybridized carbons (Fsp3) is 0.250. The number of thioether (sulfide) groups is 1. The Labute approximate surface area is 113 Å². The lowest BCUT2D eigenvalue weighted by atomic mass is 10.1. The SMILES string of the molecule is Cc1cc(C)cc(NC2CSc3ccccc32)c1. The molecule has 0 saturated heterocycles. The van der Waals surface area contributed by atoms with E-state index in [0.29, 0.717) is 6.04 Å². The summed E-state index contributed by atoms with van der Waals surface area (Å²) in [5, 5.41) is 3.66. The van der Waals surface area contributed by atoms with E-state index in [0.717, 1.165) is 5.75 Å². The molecule has 0 fully saturated rings. The van der Waals surface area contributed by atoms with Crippen LogP contribution in [0.2, 0.25) is 0 Å². The number of anilines is 1. The van der Waals surface area contributed by atoms with Crippen molar-refractivity contribution in [3.8, 4) is 0 Å². The first-order valence-electron chi connectivity index (χ1n) is 6.29. The molecule has 2 heteroatoms. The van der Waals surface area contributed by atoms with E-state index in [-0.39, 0.29) is 0 Å². The average Bonchev–Trinajstić information content (AvgIpc) is 2.72. The van der Waals surface area contributed by atoms with Crippen molar-refractivity contribution < 1.29 is 0 Å². The zero-order valence-electron chi connectivity index (χ0n) is 10.7. The minimum atomic E-state index is 0.437. The van der Waals surface area contributed by atoms with Gasteiger partial charge in [-0.1, -0.05) is 24.3 Å². The lowest BCUT2D eigenvalue weighted by Gasteiger charge is -2.16. The van der Waals surface area contributed by atoms with Gasteiger partial charge in [-0.2, -0.15) is 0 Å². The van der Waals surface area contributed by atoms with Crippen molar-refractivity contribution in [2.45, 2.75) is 24.8 Å². The van der Waals surface area contributed by atoms with Gasteiger partial charge in [0.25, 0.3) is 0 Å². The van der Waals surface area contributed by atoms with Gasteiger partial charge in [-0.25, -0.2) is 0 Å². The molecule has 0 bridgehead atoms. The molecule has 1 unspecified atom stereocenters. The number of aryl methyl sites for hydroxylation is 2. The number of rotatable bonds is 2. The second-order valence-electron chi connectivity index (χ2n) is 4.92. The molecule has 0 aliphatic carbocycles. The molecule has 0 saturated carbocycles. The van der Waals surface area contributed by atoms with E-state index >= 15 is 0 Å². The lowest BCUT2D eigenvalue weighted by Crippen LogP contribution is -2.09. The van der Waals surface area contributed by atoms with Gasteiger partial charge in [-0.15, -0.1) is 11.8 Å². The van der Waals surface area contributed by atoms with Crippen LogP contribution >= 0.6 is 11.8 Å². The van der Waals surface area contributed by atoms with Crippen molar-refractivity contribution in [3.63, 3.8) is 0 Å². The number of nitrogens with one attached hydrogen (secondary N) is 1. The van der Waals surface area contributed by atoms with Crippen molar-refractivity contribution in [1.82, 2.24) is 0 Å². The number of fused-ring (bicyclic) bond motifs is 1. The van der Waals surface area contributed by atoms with Crippen molar-refractivity contribution in [2.24, 2.45) is 0 Å². The van der Waals surface area contributed by atoms with Crippen LogP contribution in [0, 0.1) is 13.8 Å². The molecule has 0 aromatic heterocycles. The first-order chi connectivity index (χ1) is 8.72. The van der Waals surface area contributed by atoms with Crippen molar-refractivity contribution >= 4 is 17.4 Å². The molecule has 0 radical (unpaired) electrons. The first kappa shape index (κ1) is 11.7. The van der Waals surface area contributed by atoms with Crippen LogP contribution < -0.4 is 5.32 Å². The highest BCUT2D eigenvalue weighted by Gasteiger charge is 2.22. The number of hydrogen-bond acceptors (Lipinski definition) is 2. The highest BCUT2D eigenvalue weighted by Crippen LogP contribution is 2.39. The molecule has 0 amide bonds. The predicted octanol–water partition coefficient (Wildman–Crippen LogP) is 4.56. The summed E-state index contributed by atoms with van der Waals surface area (Å²) in [6, 6.07) is 15.8. The summed E-state index contributed by atoms with van der Waals surface area (Å²) in [5.41, 5.74) is 5.30. The smallest absolute Gasteiger partial charge is 0.0618 e. The molecule has 1 N–H and O–H groups in total. The van der Waals surface area contributed by atoms with E-state index in [9.17, 15) is 0 Å². The molecular weight excluding hydrogens is 238 g/mol. The summed E-state index contributed by atoms with van der Waals surface area (Å²) >= 11 is 1.94. The predicted molar refractivity (Wildman–Crippen MR) is 79.4 cm³/mol. The fourth-order valence-corrected chi connectivity index (χ4v) is 3.70. The maximum absolute atomic E-state index is 3.66. The molecule has 1 aliphatic rings. The van der Waals surface area contributed by atoms with Crippen LogP contribution in [0.4, 0.5) is 5.69 Å². The minimum absolute atomic E-state index is 0.437. The normalized spacial score (nSPS) is 17.6. The Balaban J connectivity index is 1.86. The van der Waals surface area contributed by atoms with Gasteiger partial charge in [-0.05, 0) is 48.7 Å². The van der Waals surface area contributed by atoms with Gasteiger partial charge >= 0.3 is 0 Å². The molecule has 3 rings (SSSR count). The maximum Gasteiger partial charge on any atom is 0.0618 e. The quantitative estimate of drug-likeness (QED) is 0.844. The molecular formula is C16H17NS. The summed E-state index contributed by atoms with van der Waals surface area (Å²) in [7, 11) is 0. The van der Waals surface area contributed by atoms with E-state index in [1.165, 1.54) is 27.3 Å². The number of hydrogen-bond donors (Lipinski definition) is 1. The van der Waals surface area contributed by atoms with Crippen molar-refractivity contribution in [3.05, 3.63) is 59.2 Å². The molecule has 2 aromatic carbocycles. The van der Waals surface area contributed by atoms with Crippen molar-refractivity contribution in [2.75, 3.05) is 11.1 Å². The van der Waals surface area contributed by atoms with E-state index in [4.69, 9.17) is 0 Å². The second kappa shape index (κ2) is 4.69. The number of benzene rings is 2. The summed E-state index contributed by atoms with van der Waals surface area (Å²) < 4.78 is 0. The lowest BCUT2D eigenvalue weighted by molar-refractivity contribution is 0.899. The Morgan fingerprint density at radius 2 is 1.78 bits per heavy atom. The van der Waals surface area contributed by atoms with Gasteiger partial charge in [0.2, 0.25) is 0 Å². The summed E-state index contributed by atoms with van der Waals surface area (Å²) in [4.78, 5) is 1.42. The Kier molecular flexibility index (Phi) is 3.04. The average molecular weight is 255 g/mol. The van der Waals surface area contributed by atoms with Crippen LogP contribution in [0.5, 0.6) is 0 Å². The van der Waals surface area contributed by atoms with Gasteiger partial charge in [0.05, 0.1) is 6.04 Å². The molecule has 92 valence electrons. The highest BCUT2D eigenvalue weighted by atomic mass is 32.2. The molecule has 0 spiro atoms. The monoisotopic (exact) mass is 255 g/mol. The van der Waals surface area contributed by atoms with Gasteiger partial charge in [0.15, 0.2) is 0 Å². The Hall–Kier alpha value is -1.41. The molecule has 2 aromatic rings. The Bertz CT molecular complexity index is 557. The third kappa shape index (κ3) is 2.25. The van der Waals surface area contributed by atoms with E-state index in [1.54, 1.807) is 0 Å². The zero-order chi connectivity index (χ0) is 12.5. The first-order valence-corrected chi connectivity index (χ1v) is 7.27. The van der Waals surface area contributed by atoms with E-state index in [2.05, 4.69) is 61.6 Å². The fourth-order valence-electron chi connectivity index (χ4n) is 2.54. The maximum atomic E-state index is 3.66. The molecule has 1 nitrogen and oxygen atoms in total. The van der Waals surface area contributed by atoms with E-state index < -0.39 is 0 Å². The van der Waals surface area contributed by atoms with Gasteiger partial charge in [0.1, 0.15) is 0 Å². The summed E-state index contributed by atoms with van der Waals surface area (Å²) in [5.74, 6) is 1.12. The molecule has 1 aliphatic heterocycles. The zero-order valence-corrected chi connectivity index (χ0v) is 11.6. The Morgan fingerprint density at radius 3 is 2.56 bits per heavy atom. The molecule has 18 heavy (non-hydrogen) atoms. The van der Waals surface area contributed by atoms with Crippen LogP contribution in [0.3, 0.4) is 0 Å². The van der Waals surface area contributed by atoms with Crippen LogP contribution in [0.15, 0.2) is 47.4 Å². The second-order valence-corrected chi connectivity index (χ2v) is 5.98. The Morgan fingerprint density at radius 1 is 1.06 bits per heavy atom. The standard InChI is InChI=1S/C16H17NS/c1-11-7-12(2)9-13(8-11)17-15-10-18-16-6-4-3-5-14(15)16/h3-9,15,17H,10H2,1-2H3. The third-order valence-corrected chi connectivity index (χ3v) is 4.45. The largest absolute Gasteiger partial charge is 0.377 e. The summed E-state index contributed by atoms with van der Waals surface area (Å²) in [6.07, 6.45) is 0.